The molecule has 2 saturated heterocycles. The van der Waals surface area contributed by atoms with Crippen LogP contribution in [-0.4, -0.2) is 76.6 Å². The smallest absolute Gasteiger partial charge is 0.408 e. The summed E-state index contributed by atoms with van der Waals surface area (Å²) in [6.07, 6.45) is -1.09. The first-order chi connectivity index (χ1) is 14.1. The van der Waals surface area contributed by atoms with Crippen molar-refractivity contribution in [1.82, 2.24) is 20.9 Å². The largest absolute Gasteiger partial charge is 0.460 e. The lowest BCUT2D eigenvalue weighted by Gasteiger charge is -2.36. The molecule has 0 unspecified atom stereocenters. The van der Waals surface area contributed by atoms with Crippen molar-refractivity contribution in [3.63, 3.8) is 0 Å². The van der Waals surface area contributed by atoms with E-state index in [1.165, 1.54) is 11.8 Å². The number of piperazine rings is 1. The fourth-order valence-corrected chi connectivity index (χ4v) is 3.61. The number of rotatable bonds is 4. The monoisotopic (exact) mass is 440 g/mol. The lowest BCUT2D eigenvalue weighted by atomic mass is 10.0. The van der Waals surface area contributed by atoms with Crippen LogP contribution in [0.2, 0.25) is 0 Å². The van der Waals surface area contributed by atoms with E-state index in [9.17, 15) is 24.0 Å². The van der Waals surface area contributed by atoms with Gasteiger partial charge in [-0.1, -0.05) is 0 Å². The van der Waals surface area contributed by atoms with Crippen LogP contribution in [-0.2, 0) is 28.7 Å². The molecule has 0 bridgehead atoms. The second kappa shape index (κ2) is 8.72. The number of amides is 4. The van der Waals surface area contributed by atoms with Crippen LogP contribution in [0.3, 0.4) is 0 Å². The van der Waals surface area contributed by atoms with Crippen LogP contribution in [0.5, 0.6) is 0 Å². The molecule has 4 amide bonds. The molecule has 174 valence electrons. The minimum Gasteiger partial charge on any atom is -0.460 e. The Hall–Kier alpha value is -2.85. The number of carbonyl (C=O) groups excluding carboxylic acids is 5. The lowest BCUT2D eigenvalue weighted by molar-refractivity contribution is -0.159. The number of hydrogen-bond acceptors (Lipinski definition) is 7. The maximum atomic E-state index is 13.0. The number of alkyl carbamates (subject to hydrolysis) is 1. The van der Waals surface area contributed by atoms with E-state index in [2.05, 4.69) is 16.0 Å². The van der Waals surface area contributed by atoms with E-state index in [0.29, 0.717) is 0 Å². The normalized spacial score (nSPS) is 26.0. The summed E-state index contributed by atoms with van der Waals surface area (Å²) in [7, 11) is 0. The molecule has 2 heterocycles. The van der Waals surface area contributed by atoms with Crippen LogP contribution < -0.4 is 16.0 Å². The summed E-state index contributed by atoms with van der Waals surface area (Å²) in [5, 5.41) is 7.82. The summed E-state index contributed by atoms with van der Waals surface area (Å²) in [6.45, 7) is 11.5. The SMILES string of the molecule is CC(=O)N[C@@H]1CN2C(=O)[C@H](CC(=O)OC(C)(C)C)NC(=O)[C@@H]2[C@@H]1NC(=O)OC(C)(C)C. The summed E-state index contributed by atoms with van der Waals surface area (Å²) in [5.41, 5.74) is -1.50. The number of hydrogen-bond donors (Lipinski definition) is 3. The maximum Gasteiger partial charge on any atom is 0.408 e. The van der Waals surface area contributed by atoms with Gasteiger partial charge in [0.1, 0.15) is 23.3 Å². The second-order valence-electron chi connectivity index (χ2n) is 9.77. The Morgan fingerprint density at radius 2 is 1.61 bits per heavy atom. The molecule has 0 radical (unpaired) electrons. The van der Waals surface area contributed by atoms with Gasteiger partial charge in [0.2, 0.25) is 17.7 Å². The number of ether oxygens (including phenoxy) is 2. The first-order valence-corrected chi connectivity index (χ1v) is 10.2. The van der Waals surface area contributed by atoms with Crippen LogP contribution in [0.25, 0.3) is 0 Å². The molecule has 0 aromatic rings. The van der Waals surface area contributed by atoms with Gasteiger partial charge in [-0.05, 0) is 41.5 Å². The zero-order chi connectivity index (χ0) is 23.7. The van der Waals surface area contributed by atoms with Gasteiger partial charge in [0, 0.05) is 13.5 Å². The van der Waals surface area contributed by atoms with Crippen molar-refractivity contribution in [2.24, 2.45) is 0 Å². The minimum absolute atomic E-state index is 0.00177. The molecule has 2 fully saturated rings. The molecule has 0 aliphatic carbocycles. The fraction of sp³-hybridized carbons (Fsp3) is 0.750. The highest BCUT2D eigenvalue weighted by molar-refractivity contribution is 6.00. The third-order valence-corrected chi connectivity index (χ3v) is 4.53. The van der Waals surface area contributed by atoms with E-state index in [4.69, 9.17) is 9.47 Å². The molecule has 31 heavy (non-hydrogen) atoms. The molecular weight excluding hydrogens is 408 g/mol. The summed E-state index contributed by atoms with van der Waals surface area (Å²) in [5.74, 6) is -2.02. The predicted molar refractivity (Wildman–Crippen MR) is 109 cm³/mol. The third-order valence-electron chi connectivity index (χ3n) is 4.53. The van der Waals surface area contributed by atoms with Crippen molar-refractivity contribution in [1.29, 1.82) is 0 Å². The van der Waals surface area contributed by atoms with Crippen molar-refractivity contribution < 1.29 is 33.4 Å². The highest BCUT2D eigenvalue weighted by atomic mass is 16.6. The maximum absolute atomic E-state index is 13.0. The number of nitrogens with one attached hydrogen (secondary N) is 3. The van der Waals surface area contributed by atoms with E-state index < -0.39 is 59.2 Å². The van der Waals surface area contributed by atoms with Crippen LogP contribution in [0.15, 0.2) is 0 Å². The van der Waals surface area contributed by atoms with Crippen molar-refractivity contribution >= 4 is 29.8 Å². The average Bonchev–Trinajstić information content (AvgIpc) is 2.87. The van der Waals surface area contributed by atoms with Crippen LogP contribution in [0, 0.1) is 0 Å². The molecule has 11 heteroatoms. The third kappa shape index (κ3) is 6.56. The van der Waals surface area contributed by atoms with Gasteiger partial charge in [-0.15, -0.1) is 0 Å². The zero-order valence-corrected chi connectivity index (χ0v) is 19.0. The van der Waals surface area contributed by atoms with Gasteiger partial charge in [-0.3, -0.25) is 19.2 Å². The quantitative estimate of drug-likeness (QED) is 0.515. The highest BCUT2D eigenvalue weighted by Crippen LogP contribution is 2.25. The number of esters is 1. The Bertz CT molecular complexity index is 768. The molecule has 4 atom stereocenters. The first-order valence-electron chi connectivity index (χ1n) is 10.2. The van der Waals surface area contributed by atoms with Gasteiger partial charge in [-0.2, -0.15) is 0 Å². The Balaban J connectivity index is 2.20. The van der Waals surface area contributed by atoms with Crippen LogP contribution in [0.1, 0.15) is 54.9 Å². The summed E-state index contributed by atoms with van der Waals surface area (Å²) in [4.78, 5) is 63.2. The summed E-state index contributed by atoms with van der Waals surface area (Å²) in [6, 6.07) is -3.74. The van der Waals surface area contributed by atoms with Gasteiger partial charge in [0.25, 0.3) is 0 Å². The second-order valence-corrected chi connectivity index (χ2v) is 9.77. The molecule has 2 aliphatic heterocycles. The molecule has 0 saturated carbocycles. The van der Waals surface area contributed by atoms with Gasteiger partial charge in [0.15, 0.2) is 0 Å². The molecule has 2 rings (SSSR count). The molecule has 0 spiro atoms. The first kappa shape index (κ1) is 24.4. The molecule has 2 aliphatic rings. The Morgan fingerprint density at radius 1 is 1.03 bits per heavy atom. The predicted octanol–water partition coefficient (Wildman–Crippen LogP) is -0.175. The van der Waals surface area contributed by atoms with Crippen LogP contribution >= 0.6 is 0 Å². The van der Waals surface area contributed by atoms with E-state index in [1.54, 1.807) is 41.5 Å². The Labute approximate surface area is 181 Å². The molecular formula is C20H32N4O7. The minimum atomic E-state index is -1.09. The van der Waals surface area contributed by atoms with E-state index in [-0.39, 0.29) is 18.9 Å². The molecule has 11 nitrogen and oxygen atoms in total. The molecule has 0 aromatic heterocycles. The Kier molecular flexibility index (Phi) is 6.87. The lowest BCUT2D eigenvalue weighted by Crippen LogP contribution is -2.66. The number of carbonyl (C=O) groups is 5. The van der Waals surface area contributed by atoms with Crippen molar-refractivity contribution in [3.05, 3.63) is 0 Å². The van der Waals surface area contributed by atoms with Gasteiger partial charge in [0.05, 0.1) is 18.5 Å². The standard InChI is InChI=1S/C20H32N4O7/c1-10(25)21-12-9-24-15(14(12)23-18(29)31-20(5,6)7)16(27)22-11(17(24)28)8-13(26)30-19(2,3)4/h11-12,14-15H,8-9H2,1-7H3,(H,21,25)(H,22,27)(H,23,29)/t11-,12+,14+,15-/m0/s1. The van der Waals surface area contributed by atoms with Crippen molar-refractivity contribution in [2.75, 3.05) is 6.54 Å². The van der Waals surface area contributed by atoms with Gasteiger partial charge in [-0.25, -0.2) is 4.79 Å². The average molecular weight is 440 g/mol. The Morgan fingerprint density at radius 3 is 2.13 bits per heavy atom. The zero-order valence-electron chi connectivity index (χ0n) is 19.0. The topological polar surface area (TPSA) is 143 Å². The number of nitrogens with zero attached hydrogens (tertiary/aromatic N) is 1. The van der Waals surface area contributed by atoms with E-state index >= 15 is 0 Å². The van der Waals surface area contributed by atoms with Gasteiger partial charge < -0.3 is 30.3 Å². The van der Waals surface area contributed by atoms with Crippen molar-refractivity contribution in [2.45, 2.75) is 90.3 Å². The molecule has 3 N–H and O–H groups in total. The molecule has 0 aromatic carbocycles. The van der Waals surface area contributed by atoms with E-state index in [1.807, 2.05) is 0 Å². The summed E-state index contributed by atoms with van der Waals surface area (Å²) < 4.78 is 10.5. The van der Waals surface area contributed by atoms with E-state index in [0.717, 1.165) is 0 Å². The van der Waals surface area contributed by atoms with Crippen LogP contribution in [0.4, 0.5) is 4.79 Å². The number of fused-ring (bicyclic) bond motifs is 1. The fourth-order valence-electron chi connectivity index (χ4n) is 3.61. The van der Waals surface area contributed by atoms with Gasteiger partial charge >= 0.3 is 12.1 Å². The van der Waals surface area contributed by atoms with Crippen molar-refractivity contribution in [3.8, 4) is 0 Å². The summed E-state index contributed by atoms with van der Waals surface area (Å²) >= 11 is 0. The highest BCUT2D eigenvalue weighted by Gasteiger charge is 2.54.